The van der Waals surface area contributed by atoms with E-state index in [-0.39, 0.29) is 5.97 Å². The number of hydrogen-bond donors (Lipinski definition) is 1. The number of carbonyl (C=O) groups excluding carboxylic acids is 1. The summed E-state index contributed by atoms with van der Waals surface area (Å²) in [5.74, 6) is 0.324. The third-order valence-corrected chi connectivity index (χ3v) is 2.76. The van der Waals surface area contributed by atoms with Crippen LogP contribution in [0.2, 0.25) is 0 Å². The molecule has 0 saturated carbocycles. The van der Waals surface area contributed by atoms with E-state index in [1.54, 1.807) is 6.07 Å². The largest absolute Gasteiger partial charge is 0.462 e. The summed E-state index contributed by atoms with van der Waals surface area (Å²) < 4.78 is 5.02. The quantitative estimate of drug-likeness (QED) is 0.769. The smallest absolute Gasteiger partial charge is 0.340 e. The molecular weight excluding hydrogens is 214 g/mol. The molecule has 0 saturated heterocycles. The Morgan fingerprint density at radius 3 is 2.71 bits per heavy atom. The summed E-state index contributed by atoms with van der Waals surface area (Å²) in [5, 5.41) is 3.30. The highest BCUT2D eigenvalue weighted by Gasteiger charge is 2.11. The lowest BCUT2D eigenvalue weighted by atomic mass is 10.1. The third kappa shape index (κ3) is 4.10. The number of hydrogen-bond acceptors (Lipinski definition) is 3. The Morgan fingerprint density at radius 1 is 1.35 bits per heavy atom. The molecule has 3 heteroatoms. The SMILES string of the molecule is CCOC(=O)c1ccccc1NCC(C)CC. The predicted molar refractivity (Wildman–Crippen MR) is 70.3 cm³/mol. The maximum absolute atomic E-state index is 11.7. The monoisotopic (exact) mass is 235 g/mol. The summed E-state index contributed by atoms with van der Waals surface area (Å²) in [6, 6.07) is 7.47. The Labute approximate surface area is 103 Å². The van der Waals surface area contributed by atoms with E-state index in [4.69, 9.17) is 4.74 Å². The second kappa shape index (κ2) is 6.94. The summed E-state index contributed by atoms with van der Waals surface area (Å²) in [5.41, 5.74) is 1.46. The fourth-order valence-corrected chi connectivity index (χ4v) is 1.45. The molecule has 94 valence electrons. The van der Waals surface area contributed by atoms with Crippen LogP contribution in [0, 0.1) is 5.92 Å². The first kappa shape index (κ1) is 13.6. The van der Waals surface area contributed by atoms with Crippen LogP contribution in [0.15, 0.2) is 24.3 Å². The number of anilines is 1. The van der Waals surface area contributed by atoms with Crippen molar-refractivity contribution in [3.63, 3.8) is 0 Å². The van der Waals surface area contributed by atoms with Crippen LogP contribution in [-0.2, 0) is 4.74 Å². The molecule has 1 N–H and O–H groups in total. The summed E-state index contributed by atoms with van der Waals surface area (Å²) in [6.45, 7) is 7.42. The zero-order chi connectivity index (χ0) is 12.7. The average molecular weight is 235 g/mol. The summed E-state index contributed by atoms with van der Waals surface area (Å²) in [6.07, 6.45) is 1.12. The fourth-order valence-electron chi connectivity index (χ4n) is 1.45. The lowest BCUT2D eigenvalue weighted by Crippen LogP contribution is -2.14. The molecule has 3 nitrogen and oxygen atoms in total. The van der Waals surface area contributed by atoms with Crippen molar-refractivity contribution in [2.75, 3.05) is 18.5 Å². The molecule has 0 aliphatic heterocycles. The van der Waals surface area contributed by atoms with Gasteiger partial charge in [0, 0.05) is 12.2 Å². The van der Waals surface area contributed by atoms with Gasteiger partial charge in [-0.3, -0.25) is 0 Å². The molecule has 1 aromatic carbocycles. The molecule has 0 amide bonds. The summed E-state index contributed by atoms with van der Waals surface area (Å²) in [7, 11) is 0. The first-order valence-corrected chi connectivity index (χ1v) is 6.19. The van der Waals surface area contributed by atoms with Crippen LogP contribution >= 0.6 is 0 Å². The molecule has 1 aromatic rings. The lowest BCUT2D eigenvalue weighted by molar-refractivity contribution is 0.0527. The van der Waals surface area contributed by atoms with Gasteiger partial charge in [0.25, 0.3) is 0 Å². The molecule has 0 aliphatic rings. The molecule has 0 aromatic heterocycles. The van der Waals surface area contributed by atoms with E-state index in [2.05, 4.69) is 19.2 Å². The van der Waals surface area contributed by atoms with Crippen LogP contribution in [0.5, 0.6) is 0 Å². The van der Waals surface area contributed by atoms with E-state index in [0.29, 0.717) is 18.1 Å². The molecule has 0 bridgehead atoms. The minimum absolute atomic E-state index is 0.264. The number of benzene rings is 1. The van der Waals surface area contributed by atoms with Gasteiger partial charge >= 0.3 is 5.97 Å². The average Bonchev–Trinajstić information content (AvgIpc) is 2.36. The molecule has 1 unspecified atom stereocenters. The maximum atomic E-state index is 11.7. The van der Waals surface area contributed by atoms with Crippen molar-refractivity contribution in [3.8, 4) is 0 Å². The Morgan fingerprint density at radius 2 is 2.06 bits per heavy atom. The first-order chi connectivity index (χ1) is 8.19. The molecule has 0 aliphatic carbocycles. The van der Waals surface area contributed by atoms with Crippen LogP contribution in [-0.4, -0.2) is 19.1 Å². The number of ether oxygens (including phenoxy) is 1. The van der Waals surface area contributed by atoms with E-state index < -0.39 is 0 Å². The van der Waals surface area contributed by atoms with E-state index in [1.807, 2.05) is 25.1 Å². The van der Waals surface area contributed by atoms with Gasteiger partial charge in [0.2, 0.25) is 0 Å². The Balaban J connectivity index is 2.74. The number of nitrogens with one attached hydrogen (secondary N) is 1. The van der Waals surface area contributed by atoms with E-state index in [1.165, 1.54) is 0 Å². The number of rotatable bonds is 6. The lowest BCUT2D eigenvalue weighted by Gasteiger charge is -2.14. The Bertz CT molecular complexity index is 363. The van der Waals surface area contributed by atoms with Crippen LogP contribution < -0.4 is 5.32 Å². The molecular formula is C14H21NO2. The van der Waals surface area contributed by atoms with Gasteiger partial charge in [0.1, 0.15) is 0 Å². The number of para-hydroxylation sites is 1. The summed E-state index contributed by atoms with van der Waals surface area (Å²) >= 11 is 0. The van der Waals surface area contributed by atoms with Gasteiger partial charge in [0.05, 0.1) is 12.2 Å². The van der Waals surface area contributed by atoms with E-state index >= 15 is 0 Å². The minimum atomic E-state index is -0.264. The van der Waals surface area contributed by atoms with Gasteiger partial charge in [-0.05, 0) is 25.0 Å². The first-order valence-electron chi connectivity index (χ1n) is 6.19. The Hall–Kier alpha value is -1.51. The minimum Gasteiger partial charge on any atom is -0.462 e. The highest BCUT2D eigenvalue weighted by atomic mass is 16.5. The molecule has 1 atom stereocenters. The fraction of sp³-hybridized carbons (Fsp3) is 0.500. The van der Waals surface area contributed by atoms with Crippen molar-refractivity contribution in [2.45, 2.75) is 27.2 Å². The molecule has 0 spiro atoms. The van der Waals surface area contributed by atoms with E-state index in [9.17, 15) is 4.79 Å². The molecule has 17 heavy (non-hydrogen) atoms. The van der Waals surface area contributed by atoms with Gasteiger partial charge < -0.3 is 10.1 Å². The number of esters is 1. The van der Waals surface area contributed by atoms with Gasteiger partial charge in [-0.15, -0.1) is 0 Å². The zero-order valence-electron chi connectivity index (χ0n) is 10.8. The topological polar surface area (TPSA) is 38.3 Å². The van der Waals surface area contributed by atoms with Crippen molar-refractivity contribution < 1.29 is 9.53 Å². The zero-order valence-corrected chi connectivity index (χ0v) is 10.8. The highest BCUT2D eigenvalue weighted by molar-refractivity contribution is 5.95. The van der Waals surface area contributed by atoms with Crippen LogP contribution in [0.1, 0.15) is 37.6 Å². The highest BCUT2D eigenvalue weighted by Crippen LogP contribution is 2.17. The van der Waals surface area contributed by atoms with Crippen molar-refractivity contribution in [1.82, 2.24) is 0 Å². The van der Waals surface area contributed by atoms with Gasteiger partial charge in [-0.2, -0.15) is 0 Å². The number of carbonyl (C=O) groups is 1. The Kier molecular flexibility index (Phi) is 5.53. The maximum Gasteiger partial charge on any atom is 0.340 e. The molecule has 0 fully saturated rings. The van der Waals surface area contributed by atoms with Crippen molar-refractivity contribution >= 4 is 11.7 Å². The van der Waals surface area contributed by atoms with E-state index in [0.717, 1.165) is 18.7 Å². The normalized spacial score (nSPS) is 11.9. The second-order valence-electron chi connectivity index (χ2n) is 4.16. The molecule has 0 radical (unpaired) electrons. The van der Waals surface area contributed by atoms with Crippen LogP contribution in [0.25, 0.3) is 0 Å². The van der Waals surface area contributed by atoms with Gasteiger partial charge in [-0.25, -0.2) is 4.79 Å². The van der Waals surface area contributed by atoms with Crippen LogP contribution in [0.4, 0.5) is 5.69 Å². The van der Waals surface area contributed by atoms with Crippen molar-refractivity contribution in [2.24, 2.45) is 5.92 Å². The standard InChI is InChI=1S/C14H21NO2/c1-4-11(3)10-15-13-9-7-6-8-12(13)14(16)17-5-2/h6-9,11,15H,4-5,10H2,1-3H3. The summed E-state index contributed by atoms with van der Waals surface area (Å²) in [4.78, 5) is 11.7. The molecule has 1 rings (SSSR count). The second-order valence-corrected chi connectivity index (χ2v) is 4.16. The predicted octanol–water partition coefficient (Wildman–Crippen LogP) is 3.32. The third-order valence-electron chi connectivity index (χ3n) is 2.76. The van der Waals surface area contributed by atoms with Gasteiger partial charge in [-0.1, -0.05) is 32.4 Å². The van der Waals surface area contributed by atoms with Crippen molar-refractivity contribution in [3.05, 3.63) is 29.8 Å². The van der Waals surface area contributed by atoms with Crippen LogP contribution in [0.3, 0.4) is 0 Å². The van der Waals surface area contributed by atoms with Gasteiger partial charge in [0.15, 0.2) is 0 Å². The molecule has 0 heterocycles. The van der Waals surface area contributed by atoms with Crippen molar-refractivity contribution in [1.29, 1.82) is 0 Å².